The fourth-order valence-electron chi connectivity index (χ4n) is 3.38. The van der Waals surface area contributed by atoms with Gasteiger partial charge in [-0.2, -0.15) is 0 Å². The molecule has 1 aliphatic carbocycles. The van der Waals surface area contributed by atoms with Crippen LogP contribution in [0.2, 0.25) is 0 Å². The van der Waals surface area contributed by atoms with Crippen LogP contribution in [-0.4, -0.2) is 20.2 Å². The molecule has 0 heterocycles. The minimum absolute atomic E-state index is 0.0368. The van der Waals surface area contributed by atoms with E-state index in [-0.39, 0.29) is 22.3 Å². The summed E-state index contributed by atoms with van der Waals surface area (Å²) in [7, 11) is -3.85. The number of hydrogen-bond acceptors (Lipinski definition) is 4. The maximum absolute atomic E-state index is 12.6. The quantitative estimate of drug-likeness (QED) is 0.653. The third-order valence-electron chi connectivity index (χ3n) is 4.95. The van der Waals surface area contributed by atoms with Crippen LogP contribution in [0.4, 0.5) is 5.69 Å². The molecule has 0 spiro atoms. The lowest BCUT2D eigenvalue weighted by atomic mass is 9.89. The molecule has 7 nitrogen and oxygen atoms in total. The second kappa shape index (κ2) is 9.09. The first-order valence-corrected chi connectivity index (χ1v) is 11.1. The van der Waals surface area contributed by atoms with Crippen molar-refractivity contribution in [1.82, 2.24) is 10.9 Å². The number of carbonyl (C=O) groups is 2. The smallest absolute Gasteiger partial charge is 0.269 e. The number of benzene rings is 2. The van der Waals surface area contributed by atoms with Gasteiger partial charge in [-0.15, -0.1) is 0 Å². The molecule has 3 N–H and O–H groups in total. The lowest BCUT2D eigenvalue weighted by Gasteiger charge is -2.20. The Kier molecular flexibility index (Phi) is 6.53. The predicted molar refractivity (Wildman–Crippen MR) is 111 cm³/mol. The lowest BCUT2D eigenvalue weighted by molar-refractivity contribution is -0.126. The van der Waals surface area contributed by atoms with Crippen molar-refractivity contribution in [3.05, 3.63) is 59.7 Å². The number of hydrogen-bond donors (Lipinski definition) is 3. The SMILES string of the molecule is Cc1cccc(NS(=O)(=O)c2cccc(C(=O)NNC(=O)C3CCCCC3)c2)c1. The molecule has 8 heteroatoms. The highest BCUT2D eigenvalue weighted by molar-refractivity contribution is 7.92. The van der Waals surface area contributed by atoms with Crippen molar-refractivity contribution < 1.29 is 18.0 Å². The average Bonchev–Trinajstić information content (AvgIpc) is 2.72. The first-order chi connectivity index (χ1) is 13.8. The second-order valence-corrected chi connectivity index (χ2v) is 8.96. The number of nitrogens with one attached hydrogen (secondary N) is 3. The monoisotopic (exact) mass is 415 g/mol. The second-order valence-electron chi connectivity index (χ2n) is 7.28. The van der Waals surface area contributed by atoms with Gasteiger partial charge in [0.25, 0.3) is 15.9 Å². The zero-order valence-corrected chi connectivity index (χ0v) is 17.1. The fourth-order valence-corrected chi connectivity index (χ4v) is 4.48. The van der Waals surface area contributed by atoms with Gasteiger partial charge < -0.3 is 0 Å². The van der Waals surface area contributed by atoms with E-state index in [4.69, 9.17) is 0 Å². The van der Waals surface area contributed by atoms with Gasteiger partial charge in [-0.1, -0.05) is 37.5 Å². The highest BCUT2D eigenvalue weighted by atomic mass is 32.2. The highest BCUT2D eigenvalue weighted by Gasteiger charge is 2.22. The van der Waals surface area contributed by atoms with Crippen LogP contribution >= 0.6 is 0 Å². The summed E-state index contributed by atoms with van der Waals surface area (Å²) < 4.78 is 27.8. The van der Waals surface area contributed by atoms with Crippen LogP contribution in [0.3, 0.4) is 0 Å². The molecule has 2 aromatic carbocycles. The van der Waals surface area contributed by atoms with Crippen molar-refractivity contribution in [2.75, 3.05) is 4.72 Å². The van der Waals surface area contributed by atoms with Gasteiger partial charge >= 0.3 is 0 Å². The summed E-state index contributed by atoms with van der Waals surface area (Å²) in [6.07, 6.45) is 4.80. The van der Waals surface area contributed by atoms with E-state index < -0.39 is 15.9 Å². The number of anilines is 1. The molecule has 0 atom stereocenters. The molecule has 2 amide bonds. The van der Waals surface area contributed by atoms with E-state index in [0.29, 0.717) is 5.69 Å². The van der Waals surface area contributed by atoms with Crippen LogP contribution in [-0.2, 0) is 14.8 Å². The summed E-state index contributed by atoms with van der Waals surface area (Å²) in [6, 6.07) is 12.7. The van der Waals surface area contributed by atoms with Gasteiger partial charge in [-0.3, -0.25) is 25.2 Å². The Hall–Kier alpha value is -2.87. The molecule has 1 aliphatic rings. The van der Waals surface area contributed by atoms with Gasteiger partial charge in [0, 0.05) is 17.2 Å². The summed E-state index contributed by atoms with van der Waals surface area (Å²) in [5, 5.41) is 0. The van der Waals surface area contributed by atoms with Gasteiger partial charge in [-0.05, 0) is 55.7 Å². The fraction of sp³-hybridized carbons (Fsp3) is 0.333. The van der Waals surface area contributed by atoms with Crippen LogP contribution in [0.5, 0.6) is 0 Å². The molecule has 2 aromatic rings. The Labute approximate surface area is 170 Å². The van der Waals surface area contributed by atoms with E-state index in [0.717, 1.165) is 37.7 Å². The van der Waals surface area contributed by atoms with Crippen LogP contribution < -0.4 is 15.6 Å². The molecule has 0 unspecified atom stereocenters. The van der Waals surface area contributed by atoms with Crippen molar-refractivity contribution in [3.63, 3.8) is 0 Å². The zero-order chi connectivity index (χ0) is 20.9. The third-order valence-corrected chi connectivity index (χ3v) is 6.33. The number of amides is 2. The molecular formula is C21H25N3O4S. The standard InChI is InChI=1S/C21H25N3O4S/c1-15-7-5-11-18(13-15)24-29(27,28)19-12-6-10-17(14-19)21(26)23-22-20(25)16-8-3-2-4-9-16/h5-7,10-14,16,24H,2-4,8-9H2,1H3,(H,22,25)(H,23,26). The molecule has 0 aromatic heterocycles. The molecule has 0 bridgehead atoms. The Morgan fingerprint density at radius 3 is 2.38 bits per heavy atom. The topological polar surface area (TPSA) is 104 Å². The Morgan fingerprint density at radius 2 is 1.66 bits per heavy atom. The van der Waals surface area contributed by atoms with Gasteiger partial charge in [0.2, 0.25) is 5.91 Å². The minimum atomic E-state index is -3.85. The molecule has 0 saturated heterocycles. The Bertz CT molecular complexity index is 998. The minimum Gasteiger partial charge on any atom is -0.280 e. The Balaban J connectivity index is 1.66. The van der Waals surface area contributed by atoms with E-state index in [9.17, 15) is 18.0 Å². The van der Waals surface area contributed by atoms with Gasteiger partial charge in [-0.25, -0.2) is 8.42 Å². The molecule has 3 rings (SSSR count). The number of carbonyl (C=O) groups excluding carboxylic acids is 2. The molecule has 0 radical (unpaired) electrons. The molecule has 154 valence electrons. The number of rotatable bonds is 5. The van der Waals surface area contributed by atoms with Crippen molar-refractivity contribution in [2.24, 2.45) is 5.92 Å². The lowest BCUT2D eigenvalue weighted by Crippen LogP contribution is -2.45. The van der Waals surface area contributed by atoms with Crippen molar-refractivity contribution in [1.29, 1.82) is 0 Å². The zero-order valence-electron chi connectivity index (χ0n) is 16.3. The molecule has 1 fully saturated rings. The molecule has 29 heavy (non-hydrogen) atoms. The summed E-state index contributed by atoms with van der Waals surface area (Å²) in [5.41, 5.74) is 6.34. The largest absolute Gasteiger partial charge is 0.280 e. The number of hydrazine groups is 1. The van der Waals surface area contributed by atoms with Crippen LogP contribution in [0.25, 0.3) is 0 Å². The van der Waals surface area contributed by atoms with Gasteiger partial charge in [0.15, 0.2) is 0 Å². The van der Waals surface area contributed by atoms with Crippen molar-refractivity contribution >= 4 is 27.5 Å². The van der Waals surface area contributed by atoms with E-state index >= 15 is 0 Å². The van der Waals surface area contributed by atoms with Crippen LogP contribution in [0.15, 0.2) is 53.4 Å². The first-order valence-electron chi connectivity index (χ1n) is 9.65. The van der Waals surface area contributed by atoms with E-state index in [1.54, 1.807) is 18.2 Å². The number of sulfonamides is 1. The summed E-state index contributed by atoms with van der Waals surface area (Å²) in [6.45, 7) is 1.87. The van der Waals surface area contributed by atoms with E-state index in [2.05, 4.69) is 15.6 Å². The maximum Gasteiger partial charge on any atom is 0.269 e. The van der Waals surface area contributed by atoms with E-state index in [1.807, 2.05) is 13.0 Å². The molecule has 1 saturated carbocycles. The highest BCUT2D eigenvalue weighted by Crippen LogP contribution is 2.23. The molecule has 0 aliphatic heterocycles. The van der Waals surface area contributed by atoms with Crippen LogP contribution in [0, 0.1) is 12.8 Å². The normalized spacial score (nSPS) is 14.8. The summed E-state index contributed by atoms with van der Waals surface area (Å²) >= 11 is 0. The van der Waals surface area contributed by atoms with Crippen molar-refractivity contribution in [2.45, 2.75) is 43.9 Å². The van der Waals surface area contributed by atoms with Crippen LogP contribution in [0.1, 0.15) is 48.0 Å². The summed E-state index contributed by atoms with van der Waals surface area (Å²) in [4.78, 5) is 24.5. The Morgan fingerprint density at radius 1 is 0.931 bits per heavy atom. The van der Waals surface area contributed by atoms with Gasteiger partial charge in [0.05, 0.1) is 4.90 Å². The summed E-state index contributed by atoms with van der Waals surface area (Å²) in [5.74, 6) is -0.862. The third kappa shape index (κ3) is 5.57. The predicted octanol–water partition coefficient (Wildman–Crippen LogP) is 3.14. The first kappa shape index (κ1) is 20.9. The van der Waals surface area contributed by atoms with Crippen molar-refractivity contribution in [3.8, 4) is 0 Å². The average molecular weight is 416 g/mol. The maximum atomic E-state index is 12.6. The number of aryl methyl sites for hydroxylation is 1. The molecular weight excluding hydrogens is 390 g/mol. The van der Waals surface area contributed by atoms with E-state index in [1.165, 1.54) is 24.3 Å². The van der Waals surface area contributed by atoms with Gasteiger partial charge in [0.1, 0.15) is 0 Å².